The van der Waals surface area contributed by atoms with Gasteiger partial charge in [-0.2, -0.15) is 0 Å². The highest BCUT2D eigenvalue weighted by molar-refractivity contribution is 7.91. The molecule has 1 fully saturated rings. The molecule has 1 aliphatic rings. The van der Waals surface area contributed by atoms with Crippen molar-refractivity contribution >= 4 is 21.8 Å². The number of sulfone groups is 1. The molecule has 0 bridgehead atoms. The van der Waals surface area contributed by atoms with Gasteiger partial charge in [0.25, 0.3) is 0 Å². The molecule has 0 aliphatic carbocycles. The van der Waals surface area contributed by atoms with Crippen LogP contribution in [-0.4, -0.2) is 60.6 Å². The van der Waals surface area contributed by atoms with Crippen molar-refractivity contribution in [2.75, 3.05) is 18.1 Å². The van der Waals surface area contributed by atoms with Crippen LogP contribution in [-0.2, 0) is 14.6 Å². The van der Waals surface area contributed by atoms with Crippen molar-refractivity contribution in [3.8, 4) is 0 Å². The van der Waals surface area contributed by atoms with E-state index >= 15 is 0 Å². The van der Waals surface area contributed by atoms with Crippen LogP contribution in [0.2, 0.25) is 0 Å². The highest BCUT2D eigenvalue weighted by Gasteiger charge is 2.37. The number of hydrogen-bond donors (Lipinski definition) is 2. The van der Waals surface area contributed by atoms with Gasteiger partial charge in [0.2, 0.25) is 0 Å². The number of hydrogen-bond acceptors (Lipinski definition) is 4. The first-order valence-corrected chi connectivity index (χ1v) is 8.26. The van der Waals surface area contributed by atoms with Crippen molar-refractivity contribution in [1.29, 1.82) is 0 Å². The van der Waals surface area contributed by atoms with Crippen molar-refractivity contribution in [3.05, 3.63) is 0 Å². The van der Waals surface area contributed by atoms with Crippen LogP contribution in [0.5, 0.6) is 0 Å². The largest absolute Gasteiger partial charge is 0.480 e. The summed E-state index contributed by atoms with van der Waals surface area (Å²) >= 11 is 0. The summed E-state index contributed by atoms with van der Waals surface area (Å²) in [7, 11) is -3.11. The first kappa shape index (κ1) is 16.7. The summed E-state index contributed by atoms with van der Waals surface area (Å²) < 4.78 is 22.9. The fourth-order valence-corrected chi connectivity index (χ4v) is 3.71. The molecule has 2 atom stereocenters. The van der Waals surface area contributed by atoms with Gasteiger partial charge in [-0.1, -0.05) is 20.8 Å². The zero-order valence-electron chi connectivity index (χ0n) is 12.2. The summed E-state index contributed by atoms with van der Waals surface area (Å²) in [5.74, 6) is -1.28. The maximum atomic E-state index is 12.1. The van der Waals surface area contributed by atoms with E-state index in [-0.39, 0.29) is 18.1 Å². The van der Waals surface area contributed by atoms with Gasteiger partial charge in [-0.25, -0.2) is 18.0 Å². The Kier molecular flexibility index (Phi) is 4.68. The third-order valence-electron chi connectivity index (χ3n) is 3.31. The SMILES string of the molecule is CC1CS(=O)(=O)CCN1C(=O)N[C@@H](C(=O)O)C(C)(C)C. The van der Waals surface area contributed by atoms with Crippen molar-refractivity contribution in [1.82, 2.24) is 10.2 Å². The summed E-state index contributed by atoms with van der Waals surface area (Å²) in [5, 5.41) is 11.7. The molecule has 0 radical (unpaired) electrons. The van der Waals surface area contributed by atoms with Crippen LogP contribution >= 0.6 is 0 Å². The average molecular weight is 306 g/mol. The van der Waals surface area contributed by atoms with Crippen LogP contribution in [0, 0.1) is 5.41 Å². The fraction of sp³-hybridized carbons (Fsp3) is 0.833. The van der Waals surface area contributed by atoms with Gasteiger partial charge in [0.15, 0.2) is 9.84 Å². The first-order chi connectivity index (χ1) is 8.94. The topological polar surface area (TPSA) is 104 Å². The molecule has 0 aromatic heterocycles. The second-order valence-corrected chi connectivity index (χ2v) is 8.47. The van der Waals surface area contributed by atoms with Crippen molar-refractivity contribution in [2.45, 2.75) is 39.8 Å². The molecule has 1 saturated heterocycles. The summed E-state index contributed by atoms with van der Waals surface area (Å²) in [5.41, 5.74) is -0.632. The summed E-state index contributed by atoms with van der Waals surface area (Å²) in [6.07, 6.45) is 0. The van der Waals surface area contributed by atoms with Crippen molar-refractivity contribution in [2.24, 2.45) is 5.41 Å². The summed E-state index contributed by atoms with van der Waals surface area (Å²) in [6.45, 7) is 6.89. The van der Waals surface area contributed by atoms with E-state index in [1.807, 2.05) is 0 Å². The molecule has 2 N–H and O–H groups in total. The Morgan fingerprint density at radius 3 is 2.30 bits per heavy atom. The molecule has 0 spiro atoms. The Morgan fingerprint density at radius 2 is 1.90 bits per heavy atom. The maximum Gasteiger partial charge on any atom is 0.326 e. The summed E-state index contributed by atoms with van der Waals surface area (Å²) in [6, 6.07) is -2.02. The molecule has 0 aromatic carbocycles. The third kappa shape index (κ3) is 4.09. The van der Waals surface area contributed by atoms with Crippen LogP contribution in [0.4, 0.5) is 4.79 Å². The number of urea groups is 1. The molecule has 1 rings (SSSR count). The molecule has 1 unspecified atom stereocenters. The van der Waals surface area contributed by atoms with Crippen LogP contribution in [0.3, 0.4) is 0 Å². The Labute approximate surface area is 119 Å². The van der Waals surface area contributed by atoms with Crippen LogP contribution < -0.4 is 5.32 Å². The number of amides is 2. The Morgan fingerprint density at radius 1 is 1.35 bits per heavy atom. The van der Waals surface area contributed by atoms with Gasteiger partial charge >= 0.3 is 12.0 Å². The van der Waals surface area contributed by atoms with Crippen LogP contribution in [0.1, 0.15) is 27.7 Å². The van der Waals surface area contributed by atoms with E-state index in [2.05, 4.69) is 5.32 Å². The van der Waals surface area contributed by atoms with E-state index < -0.39 is 39.3 Å². The Bertz CT molecular complexity index is 494. The fourth-order valence-electron chi connectivity index (χ4n) is 2.16. The number of rotatable bonds is 2. The van der Waals surface area contributed by atoms with E-state index in [9.17, 15) is 23.1 Å². The number of carbonyl (C=O) groups excluding carboxylic acids is 1. The van der Waals surface area contributed by atoms with E-state index in [1.54, 1.807) is 27.7 Å². The van der Waals surface area contributed by atoms with E-state index in [1.165, 1.54) is 4.90 Å². The molecule has 0 saturated carbocycles. The first-order valence-electron chi connectivity index (χ1n) is 6.44. The lowest BCUT2D eigenvalue weighted by Gasteiger charge is -2.36. The lowest BCUT2D eigenvalue weighted by Crippen LogP contribution is -2.58. The number of nitrogens with zero attached hydrogens (tertiary/aromatic N) is 1. The van der Waals surface area contributed by atoms with Gasteiger partial charge < -0.3 is 15.3 Å². The Hall–Kier alpha value is -1.31. The monoisotopic (exact) mass is 306 g/mol. The lowest BCUT2D eigenvalue weighted by atomic mass is 9.87. The minimum atomic E-state index is -3.11. The van der Waals surface area contributed by atoms with E-state index in [0.717, 1.165) is 0 Å². The molecule has 1 aliphatic heterocycles. The molecule has 8 heteroatoms. The molecule has 2 amide bonds. The van der Waals surface area contributed by atoms with E-state index in [4.69, 9.17) is 0 Å². The zero-order valence-corrected chi connectivity index (χ0v) is 13.0. The van der Waals surface area contributed by atoms with E-state index in [0.29, 0.717) is 0 Å². The van der Waals surface area contributed by atoms with Crippen LogP contribution in [0.15, 0.2) is 0 Å². The molecule has 116 valence electrons. The molecular weight excluding hydrogens is 284 g/mol. The third-order valence-corrected chi connectivity index (χ3v) is 5.11. The minimum Gasteiger partial charge on any atom is -0.480 e. The molecule has 7 nitrogen and oxygen atoms in total. The number of nitrogens with one attached hydrogen (secondary N) is 1. The lowest BCUT2D eigenvalue weighted by molar-refractivity contribution is -0.142. The molecule has 1 heterocycles. The normalized spacial score (nSPS) is 24.0. The number of carboxylic acids is 1. The molecule has 0 aromatic rings. The standard InChI is InChI=1S/C12H22N2O5S/c1-8-7-20(18,19)6-5-14(8)11(17)13-9(10(15)16)12(2,3)4/h8-9H,5-7H2,1-4H3,(H,13,17)(H,15,16)/t8?,9-/m0/s1. The van der Waals surface area contributed by atoms with Gasteiger partial charge in [-0.05, 0) is 12.3 Å². The second-order valence-electron chi connectivity index (χ2n) is 6.24. The number of aliphatic carboxylic acids is 1. The molecule has 20 heavy (non-hydrogen) atoms. The smallest absolute Gasteiger partial charge is 0.326 e. The highest BCUT2D eigenvalue weighted by atomic mass is 32.2. The number of carbonyl (C=O) groups is 2. The number of carboxylic acid groups (broad SMARTS) is 1. The zero-order chi connectivity index (χ0) is 15.7. The average Bonchev–Trinajstić information content (AvgIpc) is 2.22. The summed E-state index contributed by atoms with van der Waals surface area (Å²) in [4.78, 5) is 24.7. The highest BCUT2D eigenvalue weighted by Crippen LogP contribution is 2.20. The maximum absolute atomic E-state index is 12.1. The minimum absolute atomic E-state index is 0.0853. The predicted octanol–water partition coefficient (Wildman–Crippen LogP) is 0.314. The predicted molar refractivity (Wildman–Crippen MR) is 74.2 cm³/mol. The van der Waals surface area contributed by atoms with Crippen molar-refractivity contribution < 1.29 is 23.1 Å². The quantitative estimate of drug-likeness (QED) is 0.764. The van der Waals surface area contributed by atoms with Crippen LogP contribution in [0.25, 0.3) is 0 Å². The Balaban J connectivity index is 2.78. The van der Waals surface area contributed by atoms with Gasteiger partial charge in [0.1, 0.15) is 6.04 Å². The van der Waals surface area contributed by atoms with Gasteiger partial charge in [-0.3, -0.25) is 0 Å². The van der Waals surface area contributed by atoms with Gasteiger partial charge in [0.05, 0.1) is 11.5 Å². The van der Waals surface area contributed by atoms with Crippen molar-refractivity contribution in [3.63, 3.8) is 0 Å². The van der Waals surface area contributed by atoms with Gasteiger partial charge in [-0.15, -0.1) is 0 Å². The molecular formula is C12H22N2O5S. The second kappa shape index (κ2) is 5.59. The van der Waals surface area contributed by atoms with Gasteiger partial charge in [0, 0.05) is 12.6 Å².